The van der Waals surface area contributed by atoms with E-state index in [0.29, 0.717) is 29.6 Å². The Hall–Kier alpha value is -2.38. The highest BCUT2D eigenvalue weighted by Gasteiger charge is 2.34. The first kappa shape index (κ1) is 21.8. The molecule has 0 saturated carbocycles. The average molecular weight is 473 g/mol. The van der Waals surface area contributed by atoms with Crippen LogP contribution in [-0.4, -0.2) is 18.1 Å². The number of fused-ring (bicyclic) bond motifs is 1. The minimum atomic E-state index is -0.358. The summed E-state index contributed by atoms with van der Waals surface area (Å²) in [5.41, 5.74) is 9.33. The predicted molar refractivity (Wildman–Crippen MR) is 129 cm³/mol. The lowest BCUT2D eigenvalue weighted by molar-refractivity contribution is 0.240. The molecule has 8 heteroatoms. The molecule has 0 fully saturated rings. The van der Waals surface area contributed by atoms with Crippen molar-refractivity contribution in [3.63, 3.8) is 0 Å². The van der Waals surface area contributed by atoms with Crippen molar-refractivity contribution in [2.24, 2.45) is 5.73 Å². The molecule has 31 heavy (non-hydrogen) atoms. The van der Waals surface area contributed by atoms with Crippen LogP contribution in [0.15, 0.2) is 71.6 Å². The Kier molecular flexibility index (Phi) is 6.92. The number of rotatable bonds is 6. The van der Waals surface area contributed by atoms with Gasteiger partial charge in [-0.3, -0.25) is 0 Å². The van der Waals surface area contributed by atoms with E-state index in [1.165, 1.54) is 0 Å². The van der Waals surface area contributed by atoms with Gasteiger partial charge in [0.15, 0.2) is 5.50 Å². The van der Waals surface area contributed by atoms with Gasteiger partial charge in [-0.15, -0.1) is 0 Å². The maximum absolute atomic E-state index is 12.7. The van der Waals surface area contributed by atoms with E-state index >= 15 is 0 Å². The molecule has 3 aromatic carbocycles. The van der Waals surface area contributed by atoms with E-state index in [1.54, 1.807) is 11.8 Å². The number of anilines is 2. The number of carbonyl (C=O) groups is 1. The molecule has 3 aromatic rings. The minimum Gasteiger partial charge on any atom is -0.338 e. The minimum absolute atomic E-state index is 0.260. The van der Waals surface area contributed by atoms with Crippen LogP contribution < -0.4 is 21.3 Å². The standard InChI is InChI=1S/C23H22Cl2N4OS/c24-17-8-2-1-6-15(17)12-13-27-22(30)28-23-29(19-10-3-4-11-20(19)31-23)21-16(14-26)7-5-9-18(21)25/h1-11,23H,12-14,26H2,(H2,27,28,30). The van der Waals surface area contributed by atoms with E-state index < -0.39 is 0 Å². The Bertz CT molecular complexity index is 1090. The van der Waals surface area contributed by atoms with Crippen LogP contribution in [0.3, 0.4) is 0 Å². The van der Waals surface area contributed by atoms with Gasteiger partial charge in [0.1, 0.15) is 0 Å². The lowest BCUT2D eigenvalue weighted by atomic mass is 10.1. The number of hydrogen-bond donors (Lipinski definition) is 3. The number of thioether (sulfide) groups is 1. The molecule has 1 heterocycles. The maximum Gasteiger partial charge on any atom is 0.317 e. The zero-order valence-electron chi connectivity index (χ0n) is 16.6. The molecule has 0 spiro atoms. The van der Waals surface area contributed by atoms with Crippen molar-refractivity contribution < 1.29 is 4.79 Å². The molecule has 0 aromatic heterocycles. The van der Waals surface area contributed by atoms with Crippen LogP contribution in [0.25, 0.3) is 0 Å². The van der Waals surface area contributed by atoms with Gasteiger partial charge in [0.25, 0.3) is 0 Å². The number of amides is 2. The first-order valence-electron chi connectivity index (χ1n) is 9.88. The number of nitrogens with one attached hydrogen (secondary N) is 2. The Morgan fingerprint density at radius 3 is 2.48 bits per heavy atom. The van der Waals surface area contributed by atoms with Gasteiger partial charge in [-0.25, -0.2) is 4.79 Å². The molecule has 4 N–H and O–H groups in total. The molecule has 4 rings (SSSR count). The number of nitrogens with zero attached hydrogens (tertiary/aromatic N) is 1. The van der Waals surface area contributed by atoms with Crippen LogP contribution in [0.5, 0.6) is 0 Å². The summed E-state index contributed by atoms with van der Waals surface area (Å²) < 4.78 is 0. The third kappa shape index (κ3) is 4.77. The zero-order valence-corrected chi connectivity index (χ0v) is 19.0. The molecule has 1 unspecified atom stereocenters. The van der Waals surface area contributed by atoms with Gasteiger partial charge >= 0.3 is 6.03 Å². The SMILES string of the molecule is NCc1cccc(Cl)c1N1c2ccccc2SC1NC(=O)NCCc1ccccc1Cl. The quantitative estimate of drug-likeness (QED) is 0.441. The largest absolute Gasteiger partial charge is 0.338 e. The number of urea groups is 1. The number of carbonyl (C=O) groups excluding carboxylic acids is 1. The fourth-order valence-electron chi connectivity index (χ4n) is 3.56. The van der Waals surface area contributed by atoms with Gasteiger partial charge in [-0.05, 0) is 41.8 Å². The highest BCUT2D eigenvalue weighted by atomic mass is 35.5. The van der Waals surface area contributed by atoms with Crippen molar-refractivity contribution in [1.29, 1.82) is 0 Å². The second-order valence-corrected chi connectivity index (χ2v) is 8.94. The van der Waals surface area contributed by atoms with Crippen LogP contribution in [0.1, 0.15) is 11.1 Å². The van der Waals surface area contributed by atoms with Crippen LogP contribution in [0, 0.1) is 0 Å². The predicted octanol–water partition coefficient (Wildman–Crippen LogP) is 5.52. The average Bonchev–Trinajstić information content (AvgIpc) is 3.12. The van der Waals surface area contributed by atoms with E-state index in [2.05, 4.69) is 10.6 Å². The van der Waals surface area contributed by atoms with E-state index in [9.17, 15) is 4.79 Å². The first-order valence-corrected chi connectivity index (χ1v) is 11.5. The third-order valence-electron chi connectivity index (χ3n) is 5.02. The molecule has 1 aliphatic heterocycles. The van der Waals surface area contributed by atoms with Crippen molar-refractivity contribution in [2.75, 3.05) is 11.4 Å². The van der Waals surface area contributed by atoms with Crippen LogP contribution in [-0.2, 0) is 13.0 Å². The molecule has 0 saturated heterocycles. The van der Waals surface area contributed by atoms with Gasteiger partial charge in [0.2, 0.25) is 0 Å². The summed E-state index contributed by atoms with van der Waals surface area (Å²) in [7, 11) is 0. The van der Waals surface area contributed by atoms with Gasteiger partial charge in [-0.2, -0.15) is 0 Å². The normalized spacial score (nSPS) is 14.9. The van der Waals surface area contributed by atoms with Crippen molar-refractivity contribution in [1.82, 2.24) is 10.6 Å². The summed E-state index contributed by atoms with van der Waals surface area (Å²) in [6, 6.07) is 21.0. The molecule has 1 aliphatic rings. The lowest BCUT2D eigenvalue weighted by Crippen LogP contribution is -2.47. The van der Waals surface area contributed by atoms with E-state index in [1.807, 2.05) is 71.6 Å². The number of halogens is 2. The molecular formula is C23H22Cl2N4OS. The molecule has 2 amide bonds. The summed E-state index contributed by atoms with van der Waals surface area (Å²) in [6.07, 6.45) is 0.649. The van der Waals surface area contributed by atoms with Crippen LogP contribution in [0.4, 0.5) is 16.2 Å². The van der Waals surface area contributed by atoms with Gasteiger partial charge < -0.3 is 21.3 Å². The second-order valence-electron chi connectivity index (χ2n) is 7.00. The molecule has 5 nitrogen and oxygen atoms in total. The fraction of sp³-hybridized carbons (Fsp3) is 0.174. The summed E-state index contributed by atoms with van der Waals surface area (Å²) in [5.74, 6) is 0. The van der Waals surface area contributed by atoms with Crippen LogP contribution >= 0.6 is 35.0 Å². The van der Waals surface area contributed by atoms with Crippen molar-refractivity contribution in [3.05, 3.63) is 87.9 Å². The number of nitrogens with two attached hydrogens (primary N) is 1. The molecule has 0 bridgehead atoms. The number of para-hydroxylation sites is 2. The number of benzene rings is 3. The molecule has 0 radical (unpaired) electrons. The molecule has 160 valence electrons. The summed E-state index contributed by atoms with van der Waals surface area (Å²) in [4.78, 5) is 15.8. The second kappa shape index (κ2) is 9.83. The Balaban J connectivity index is 1.51. The fourth-order valence-corrected chi connectivity index (χ4v) is 5.25. The van der Waals surface area contributed by atoms with Gasteiger partial charge in [0, 0.05) is 23.0 Å². The lowest BCUT2D eigenvalue weighted by Gasteiger charge is -2.30. The Labute approximate surface area is 195 Å². The van der Waals surface area contributed by atoms with E-state index in [-0.39, 0.29) is 11.5 Å². The smallest absolute Gasteiger partial charge is 0.317 e. The van der Waals surface area contributed by atoms with Crippen LogP contribution in [0.2, 0.25) is 10.0 Å². The van der Waals surface area contributed by atoms with Crippen molar-refractivity contribution in [3.8, 4) is 0 Å². The van der Waals surface area contributed by atoms with E-state index in [4.69, 9.17) is 28.9 Å². The maximum atomic E-state index is 12.7. The Morgan fingerprint density at radius 2 is 1.68 bits per heavy atom. The highest BCUT2D eigenvalue weighted by molar-refractivity contribution is 8.00. The molecule has 1 atom stereocenters. The molecular weight excluding hydrogens is 451 g/mol. The summed E-state index contributed by atoms with van der Waals surface area (Å²) in [6.45, 7) is 0.815. The molecule has 0 aliphatic carbocycles. The van der Waals surface area contributed by atoms with Crippen molar-refractivity contribution in [2.45, 2.75) is 23.4 Å². The number of hydrogen-bond acceptors (Lipinski definition) is 4. The van der Waals surface area contributed by atoms with E-state index in [0.717, 1.165) is 27.4 Å². The first-order chi connectivity index (χ1) is 15.1. The zero-order chi connectivity index (χ0) is 21.8. The monoisotopic (exact) mass is 472 g/mol. The third-order valence-corrected chi connectivity index (χ3v) is 6.85. The Morgan fingerprint density at radius 1 is 0.968 bits per heavy atom. The van der Waals surface area contributed by atoms with Gasteiger partial charge in [0.05, 0.1) is 16.4 Å². The summed E-state index contributed by atoms with van der Waals surface area (Å²) in [5, 5.41) is 7.27. The summed E-state index contributed by atoms with van der Waals surface area (Å²) >= 11 is 14.3. The van der Waals surface area contributed by atoms with Crippen molar-refractivity contribution >= 4 is 52.4 Å². The van der Waals surface area contributed by atoms with Gasteiger partial charge in [-0.1, -0.05) is 77.4 Å². The highest BCUT2D eigenvalue weighted by Crippen LogP contribution is 2.49. The topological polar surface area (TPSA) is 70.4 Å².